The van der Waals surface area contributed by atoms with Crippen LogP contribution in [-0.2, 0) is 9.30 Å². The fraction of sp³-hybridized carbons (Fsp3) is 1.00. The van der Waals surface area contributed by atoms with Crippen LogP contribution >= 0.6 is 8.03 Å². The zero-order chi connectivity index (χ0) is 6.41. The molecule has 0 aromatic heterocycles. The summed E-state index contributed by atoms with van der Waals surface area (Å²) in [7, 11) is -0.368. The highest BCUT2D eigenvalue weighted by atomic mass is 31.1. The summed E-state index contributed by atoms with van der Waals surface area (Å²) >= 11 is 0. The summed E-state index contributed by atoms with van der Waals surface area (Å²) in [6, 6.07) is 0. The van der Waals surface area contributed by atoms with Crippen LogP contribution in [0.1, 0.15) is 6.42 Å². The minimum Gasteiger partial charge on any atom is -0.385 e. The summed E-state index contributed by atoms with van der Waals surface area (Å²) < 4.78 is 14.6. The molecule has 0 aliphatic carbocycles. The van der Waals surface area contributed by atoms with E-state index in [9.17, 15) is 4.57 Å². The van der Waals surface area contributed by atoms with Gasteiger partial charge in [0.2, 0.25) is 0 Å². The summed E-state index contributed by atoms with van der Waals surface area (Å²) in [5.41, 5.74) is 0. The van der Waals surface area contributed by atoms with Crippen molar-refractivity contribution < 1.29 is 14.2 Å². The fourth-order valence-electron chi connectivity index (χ4n) is 0.344. The van der Waals surface area contributed by atoms with Crippen molar-refractivity contribution in [3.63, 3.8) is 0 Å². The van der Waals surface area contributed by atoms with Crippen molar-refractivity contribution in [2.24, 2.45) is 0 Å². The quantitative estimate of drug-likeness (QED) is 0.459. The number of rotatable bonds is 4. The zero-order valence-electron chi connectivity index (χ0n) is 4.83. The molecule has 0 spiro atoms. The van der Waals surface area contributed by atoms with Gasteiger partial charge in [0, 0.05) is 13.5 Å². The Morgan fingerprint density at radius 2 is 2.38 bits per heavy atom. The van der Waals surface area contributed by atoms with Gasteiger partial charge in [-0.3, -0.25) is 0 Å². The number of hydrogen-bond donors (Lipinski definition) is 1. The van der Waals surface area contributed by atoms with Gasteiger partial charge < -0.3 is 4.74 Å². The zero-order valence-corrected chi connectivity index (χ0v) is 5.73. The first kappa shape index (κ1) is 8.02. The van der Waals surface area contributed by atoms with Crippen molar-refractivity contribution in [1.82, 2.24) is 0 Å². The van der Waals surface area contributed by atoms with Crippen LogP contribution in [-0.4, -0.2) is 24.8 Å². The van der Waals surface area contributed by atoms with Gasteiger partial charge in [0.05, 0.1) is 6.61 Å². The third kappa shape index (κ3) is 6.02. The number of hydrogen-bond acceptors (Lipinski definition) is 2. The second kappa shape index (κ2) is 5.16. The maximum atomic E-state index is 9.97. The van der Waals surface area contributed by atoms with Gasteiger partial charge in [-0.1, -0.05) is 0 Å². The van der Waals surface area contributed by atoms with Crippen molar-refractivity contribution in [2.75, 3.05) is 19.9 Å². The van der Waals surface area contributed by atoms with Gasteiger partial charge in [0.1, 0.15) is 0 Å². The molecule has 48 valence electrons. The first-order valence-electron chi connectivity index (χ1n) is 2.40. The third-order valence-corrected chi connectivity index (χ3v) is 1.40. The Hall–Kier alpha value is 0.0200. The SMILES string of the molecule is COCCC[P+](=O)O. The molecule has 0 fully saturated rings. The van der Waals surface area contributed by atoms with Gasteiger partial charge in [0.15, 0.2) is 6.16 Å². The molecular formula is C4H10O3P+. The van der Waals surface area contributed by atoms with Crippen LogP contribution in [0.4, 0.5) is 0 Å². The second-order valence-corrected chi connectivity index (χ2v) is 2.57. The number of ether oxygens (including phenoxy) is 1. The van der Waals surface area contributed by atoms with Crippen LogP contribution in [0.5, 0.6) is 0 Å². The molecule has 3 nitrogen and oxygen atoms in total. The Morgan fingerprint density at radius 1 is 1.75 bits per heavy atom. The van der Waals surface area contributed by atoms with E-state index in [1.807, 2.05) is 0 Å². The first-order valence-corrected chi connectivity index (χ1v) is 3.79. The molecule has 0 saturated heterocycles. The molecule has 0 heterocycles. The molecule has 0 aromatic rings. The predicted molar refractivity (Wildman–Crippen MR) is 31.2 cm³/mol. The Morgan fingerprint density at radius 3 is 2.75 bits per heavy atom. The van der Waals surface area contributed by atoms with Crippen molar-refractivity contribution >= 4 is 8.03 Å². The third-order valence-electron chi connectivity index (χ3n) is 0.698. The van der Waals surface area contributed by atoms with E-state index in [-0.39, 0.29) is 0 Å². The van der Waals surface area contributed by atoms with Crippen molar-refractivity contribution in [2.45, 2.75) is 6.42 Å². The molecule has 1 atom stereocenters. The smallest absolute Gasteiger partial charge is 0.385 e. The van der Waals surface area contributed by atoms with E-state index in [2.05, 4.69) is 4.74 Å². The molecule has 0 saturated carbocycles. The minimum atomic E-state index is -1.94. The van der Waals surface area contributed by atoms with Crippen molar-refractivity contribution in [1.29, 1.82) is 0 Å². The van der Waals surface area contributed by atoms with Crippen LogP contribution < -0.4 is 0 Å². The lowest BCUT2D eigenvalue weighted by atomic mass is 10.5. The standard InChI is InChI=1S/C4H9O3P/c1-7-3-2-4-8(5)6/h2-4H2,1H3/p+1. The fourth-order valence-corrected chi connectivity index (χ4v) is 0.744. The van der Waals surface area contributed by atoms with Gasteiger partial charge in [-0.05, 0) is 4.57 Å². The molecule has 0 aliphatic rings. The van der Waals surface area contributed by atoms with Gasteiger partial charge in [0.25, 0.3) is 0 Å². The highest BCUT2D eigenvalue weighted by Gasteiger charge is 2.06. The van der Waals surface area contributed by atoms with E-state index < -0.39 is 8.03 Å². The molecule has 0 aromatic carbocycles. The normalized spacial score (nSPS) is 11.5. The van der Waals surface area contributed by atoms with Gasteiger partial charge in [-0.15, -0.1) is 0 Å². The largest absolute Gasteiger partial charge is 0.505 e. The summed E-state index contributed by atoms with van der Waals surface area (Å²) in [6.45, 7) is 0.571. The summed E-state index contributed by atoms with van der Waals surface area (Å²) in [5, 5.41) is 0. The highest BCUT2D eigenvalue weighted by Crippen LogP contribution is 2.12. The van der Waals surface area contributed by atoms with Gasteiger partial charge in [-0.2, -0.15) is 4.89 Å². The Balaban J connectivity index is 2.82. The average molecular weight is 137 g/mol. The van der Waals surface area contributed by atoms with Gasteiger partial charge in [-0.25, -0.2) is 0 Å². The van der Waals surface area contributed by atoms with E-state index >= 15 is 0 Å². The molecule has 8 heavy (non-hydrogen) atoms. The highest BCUT2D eigenvalue weighted by molar-refractivity contribution is 7.37. The average Bonchev–Trinajstić information content (AvgIpc) is 1.66. The minimum absolute atomic E-state index is 0.350. The molecule has 0 amide bonds. The molecule has 4 heteroatoms. The van der Waals surface area contributed by atoms with E-state index in [0.717, 1.165) is 0 Å². The maximum absolute atomic E-state index is 9.97. The lowest BCUT2D eigenvalue weighted by Gasteiger charge is -1.86. The summed E-state index contributed by atoms with van der Waals surface area (Å²) in [5.74, 6) is 0. The summed E-state index contributed by atoms with van der Waals surface area (Å²) in [6.07, 6.45) is 1.02. The monoisotopic (exact) mass is 137 g/mol. The predicted octanol–water partition coefficient (Wildman–Crippen LogP) is 0.758. The maximum Gasteiger partial charge on any atom is 0.505 e. The molecule has 1 unspecified atom stereocenters. The van der Waals surface area contributed by atoms with E-state index in [4.69, 9.17) is 4.89 Å². The molecule has 0 rings (SSSR count). The molecule has 0 aliphatic heterocycles. The lowest BCUT2D eigenvalue weighted by Crippen LogP contribution is -1.89. The topological polar surface area (TPSA) is 46.5 Å². The van der Waals surface area contributed by atoms with Crippen LogP contribution in [0, 0.1) is 0 Å². The first-order chi connectivity index (χ1) is 3.77. The molecular weight excluding hydrogens is 127 g/mol. The van der Waals surface area contributed by atoms with Gasteiger partial charge >= 0.3 is 8.03 Å². The van der Waals surface area contributed by atoms with Crippen LogP contribution in [0.2, 0.25) is 0 Å². The summed E-state index contributed by atoms with van der Waals surface area (Å²) in [4.78, 5) is 8.23. The number of methoxy groups -OCH3 is 1. The van der Waals surface area contributed by atoms with Crippen LogP contribution in [0.25, 0.3) is 0 Å². The molecule has 0 bridgehead atoms. The van der Waals surface area contributed by atoms with E-state index in [1.54, 1.807) is 7.11 Å². The molecule has 1 N–H and O–H groups in total. The van der Waals surface area contributed by atoms with Crippen molar-refractivity contribution in [3.8, 4) is 0 Å². The van der Waals surface area contributed by atoms with E-state index in [1.165, 1.54) is 0 Å². The van der Waals surface area contributed by atoms with Crippen molar-refractivity contribution in [3.05, 3.63) is 0 Å². The van der Waals surface area contributed by atoms with E-state index in [0.29, 0.717) is 19.2 Å². The van der Waals surface area contributed by atoms with Crippen LogP contribution in [0.15, 0.2) is 0 Å². The Labute approximate surface area is 49.5 Å². The second-order valence-electron chi connectivity index (χ2n) is 1.42. The molecule has 0 radical (unpaired) electrons. The lowest BCUT2D eigenvalue weighted by molar-refractivity contribution is 0.199. The Kier molecular flexibility index (Phi) is 5.18. The Bertz CT molecular complexity index is 73.7. The van der Waals surface area contributed by atoms with Crippen LogP contribution in [0.3, 0.4) is 0 Å².